The fraction of sp³-hybridized carbons (Fsp3) is 0.286. The molecule has 0 aliphatic carbocycles. The number of hydrogen-bond donors (Lipinski definition) is 1. The second-order valence-corrected chi connectivity index (χ2v) is 2.19. The van der Waals surface area contributed by atoms with Crippen molar-refractivity contribution in [3.8, 4) is 5.75 Å². The van der Waals surface area contributed by atoms with E-state index in [1.165, 1.54) is 6.07 Å². The number of aromatic nitrogens is 1. The summed E-state index contributed by atoms with van der Waals surface area (Å²) in [5.74, 6) is -0.398. The zero-order valence-electron chi connectivity index (χ0n) is 6.38. The molecular formula is C7H6F3NO2. The van der Waals surface area contributed by atoms with Gasteiger partial charge in [-0.05, 0) is 12.1 Å². The van der Waals surface area contributed by atoms with Gasteiger partial charge in [0.25, 0.3) is 0 Å². The lowest BCUT2D eigenvalue weighted by molar-refractivity contribution is -0.274. The normalized spacial score (nSPS) is 11.4. The smallest absolute Gasteiger partial charge is 0.404 e. The second kappa shape index (κ2) is 3.61. The third kappa shape index (κ3) is 3.29. The van der Waals surface area contributed by atoms with Crippen LogP contribution in [0.2, 0.25) is 0 Å². The average molecular weight is 193 g/mol. The third-order valence-corrected chi connectivity index (χ3v) is 1.19. The minimum Gasteiger partial charge on any atom is -0.404 e. The molecule has 0 bridgehead atoms. The summed E-state index contributed by atoms with van der Waals surface area (Å²) in [6.07, 6.45) is -3.80. The molecule has 1 aromatic heterocycles. The molecule has 0 spiro atoms. The predicted molar refractivity (Wildman–Crippen MR) is 36.8 cm³/mol. The van der Waals surface area contributed by atoms with Crippen molar-refractivity contribution in [2.45, 2.75) is 13.0 Å². The Labute approximate surface area is 71.8 Å². The van der Waals surface area contributed by atoms with Gasteiger partial charge in [-0.1, -0.05) is 0 Å². The highest BCUT2D eigenvalue weighted by Gasteiger charge is 2.31. The number of alkyl halides is 3. The van der Waals surface area contributed by atoms with Gasteiger partial charge in [-0.25, -0.2) is 0 Å². The largest absolute Gasteiger partial charge is 0.573 e. The van der Waals surface area contributed by atoms with Gasteiger partial charge in [-0.2, -0.15) is 0 Å². The number of nitrogens with zero attached hydrogens (tertiary/aromatic N) is 1. The summed E-state index contributed by atoms with van der Waals surface area (Å²) < 4.78 is 38.4. The van der Waals surface area contributed by atoms with Gasteiger partial charge in [0.1, 0.15) is 5.75 Å². The lowest BCUT2D eigenvalue weighted by Gasteiger charge is -2.07. The number of ether oxygens (including phenoxy) is 1. The van der Waals surface area contributed by atoms with Crippen molar-refractivity contribution in [3.05, 3.63) is 24.0 Å². The molecule has 0 saturated heterocycles. The summed E-state index contributed by atoms with van der Waals surface area (Å²) in [4.78, 5) is 3.51. The van der Waals surface area contributed by atoms with Gasteiger partial charge < -0.3 is 9.84 Å². The van der Waals surface area contributed by atoms with Gasteiger partial charge in [0.05, 0.1) is 18.5 Å². The number of hydrogen-bond acceptors (Lipinski definition) is 3. The van der Waals surface area contributed by atoms with E-state index in [-0.39, 0.29) is 12.3 Å². The molecule has 0 aromatic carbocycles. The number of aliphatic hydroxyl groups excluding tert-OH is 1. The summed E-state index contributed by atoms with van der Waals surface area (Å²) in [5.41, 5.74) is 0.287. The van der Waals surface area contributed by atoms with Crippen molar-refractivity contribution in [3.63, 3.8) is 0 Å². The Morgan fingerprint density at radius 3 is 2.46 bits per heavy atom. The molecule has 1 heterocycles. The summed E-state index contributed by atoms with van der Waals surface area (Å²) in [7, 11) is 0. The first-order valence-corrected chi connectivity index (χ1v) is 3.33. The molecule has 0 amide bonds. The molecule has 6 heteroatoms. The van der Waals surface area contributed by atoms with Crippen LogP contribution in [0, 0.1) is 0 Å². The van der Waals surface area contributed by atoms with Crippen LogP contribution in [0.1, 0.15) is 5.69 Å². The van der Waals surface area contributed by atoms with Gasteiger partial charge in [-0.15, -0.1) is 13.2 Å². The molecule has 0 aliphatic heterocycles. The molecule has 1 rings (SSSR count). The Bertz CT molecular complexity index is 270. The Hall–Kier alpha value is -1.30. The first-order chi connectivity index (χ1) is 6.01. The zero-order valence-corrected chi connectivity index (χ0v) is 6.38. The van der Waals surface area contributed by atoms with Crippen molar-refractivity contribution >= 4 is 0 Å². The van der Waals surface area contributed by atoms with Crippen molar-refractivity contribution in [2.24, 2.45) is 0 Å². The maximum Gasteiger partial charge on any atom is 0.573 e. The highest BCUT2D eigenvalue weighted by atomic mass is 19.4. The van der Waals surface area contributed by atoms with E-state index < -0.39 is 12.1 Å². The molecule has 0 unspecified atom stereocenters. The molecule has 0 aliphatic rings. The monoisotopic (exact) mass is 193 g/mol. The Kier molecular flexibility index (Phi) is 2.72. The van der Waals surface area contributed by atoms with Crippen LogP contribution in [-0.4, -0.2) is 16.5 Å². The van der Waals surface area contributed by atoms with E-state index in [1.807, 2.05) is 0 Å². The van der Waals surface area contributed by atoms with Crippen LogP contribution in [0.3, 0.4) is 0 Å². The van der Waals surface area contributed by atoms with Crippen LogP contribution in [0.15, 0.2) is 18.3 Å². The quantitative estimate of drug-likeness (QED) is 0.773. The fourth-order valence-electron chi connectivity index (χ4n) is 0.698. The number of pyridine rings is 1. The first kappa shape index (κ1) is 9.79. The fourth-order valence-corrected chi connectivity index (χ4v) is 0.698. The van der Waals surface area contributed by atoms with Crippen LogP contribution in [0.5, 0.6) is 5.75 Å². The predicted octanol–water partition coefficient (Wildman–Crippen LogP) is 1.47. The van der Waals surface area contributed by atoms with E-state index >= 15 is 0 Å². The van der Waals surface area contributed by atoms with Gasteiger partial charge in [0.15, 0.2) is 0 Å². The summed E-state index contributed by atoms with van der Waals surface area (Å²) >= 11 is 0. The van der Waals surface area contributed by atoms with Gasteiger partial charge in [0.2, 0.25) is 0 Å². The molecule has 3 nitrogen and oxygen atoms in total. The van der Waals surface area contributed by atoms with Crippen LogP contribution >= 0.6 is 0 Å². The Morgan fingerprint density at radius 1 is 1.38 bits per heavy atom. The Balaban J connectivity index is 2.70. The highest BCUT2D eigenvalue weighted by molar-refractivity contribution is 5.19. The summed E-state index contributed by atoms with van der Waals surface area (Å²) in [6, 6.07) is 2.34. The molecule has 1 N–H and O–H groups in total. The van der Waals surface area contributed by atoms with Crippen LogP contribution in [-0.2, 0) is 6.61 Å². The molecule has 0 radical (unpaired) electrons. The molecule has 72 valence electrons. The van der Waals surface area contributed by atoms with Crippen molar-refractivity contribution in [1.82, 2.24) is 4.98 Å². The topological polar surface area (TPSA) is 42.4 Å². The molecule has 0 saturated carbocycles. The van der Waals surface area contributed by atoms with E-state index in [2.05, 4.69) is 9.72 Å². The van der Waals surface area contributed by atoms with Gasteiger partial charge >= 0.3 is 6.36 Å². The molecular weight excluding hydrogens is 187 g/mol. The van der Waals surface area contributed by atoms with Crippen molar-refractivity contribution < 1.29 is 23.0 Å². The zero-order chi connectivity index (χ0) is 9.90. The molecule has 0 fully saturated rings. The SMILES string of the molecule is OCc1ccc(OC(F)(F)F)cn1. The van der Waals surface area contributed by atoms with E-state index in [4.69, 9.17) is 5.11 Å². The molecule has 13 heavy (non-hydrogen) atoms. The first-order valence-electron chi connectivity index (χ1n) is 3.33. The lowest BCUT2D eigenvalue weighted by atomic mass is 10.3. The van der Waals surface area contributed by atoms with Crippen LogP contribution in [0.25, 0.3) is 0 Å². The van der Waals surface area contributed by atoms with E-state index in [0.29, 0.717) is 0 Å². The standard InChI is InChI=1S/C7H6F3NO2/c8-7(9,10)13-6-2-1-5(4-12)11-3-6/h1-3,12H,4H2. The van der Waals surface area contributed by atoms with Gasteiger partial charge in [-0.3, -0.25) is 4.98 Å². The highest BCUT2D eigenvalue weighted by Crippen LogP contribution is 2.21. The third-order valence-electron chi connectivity index (χ3n) is 1.19. The minimum atomic E-state index is -4.71. The summed E-state index contributed by atoms with van der Waals surface area (Å²) in [6.45, 7) is -0.313. The number of halogens is 3. The molecule has 0 atom stereocenters. The number of aliphatic hydroxyl groups is 1. The minimum absolute atomic E-state index is 0.287. The van der Waals surface area contributed by atoms with Crippen molar-refractivity contribution in [1.29, 1.82) is 0 Å². The average Bonchev–Trinajstić information content (AvgIpc) is 2.03. The van der Waals surface area contributed by atoms with Gasteiger partial charge in [0, 0.05) is 0 Å². The van der Waals surface area contributed by atoms with Crippen LogP contribution in [0.4, 0.5) is 13.2 Å². The Morgan fingerprint density at radius 2 is 2.08 bits per heavy atom. The van der Waals surface area contributed by atoms with E-state index in [1.54, 1.807) is 0 Å². The maximum absolute atomic E-state index is 11.6. The second-order valence-electron chi connectivity index (χ2n) is 2.19. The van der Waals surface area contributed by atoms with Crippen molar-refractivity contribution in [2.75, 3.05) is 0 Å². The van der Waals surface area contributed by atoms with E-state index in [9.17, 15) is 13.2 Å². The van der Waals surface area contributed by atoms with E-state index in [0.717, 1.165) is 12.3 Å². The number of rotatable bonds is 2. The molecule has 1 aromatic rings. The summed E-state index contributed by atoms with van der Waals surface area (Å²) in [5, 5.41) is 8.54. The van der Waals surface area contributed by atoms with Crippen LogP contribution < -0.4 is 4.74 Å². The lowest BCUT2D eigenvalue weighted by Crippen LogP contribution is -2.17. The maximum atomic E-state index is 11.6.